The van der Waals surface area contributed by atoms with E-state index < -0.39 is 51.3 Å². The van der Waals surface area contributed by atoms with Crippen LogP contribution in [-0.4, -0.2) is 88.8 Å². The molecule has 0 radical (unpaired) electrons. The molecular weight excluding hydrogens is 1560 g/mol. The van der Waals surface area contributed by atoms with Gasteiger partial charge < -0.3 is 28.9 Å². The van der Waals surface area contributed by atoms with Gasteiger partial charge in [0.2, 0.25) is 11.8 Å². The fraction of sp³-hybridized carbons (Fsp3) is 0.215. The number of ether oxygens (including phenoxy) is 2. The van der Waals surface area contributed by atoms with Gasteiger partial charge in [0.1, 0.15) is 17.5 Å². The van der Waals surface area contributed by atoms with Gasteiger partial charge in [0, 0.05) is 93.0 Å². The summed E-state index contributed by atoms with van der Waals surface area (Å²) in [5.41, 5.74) is -0.836. The van der Waals surface area contributed by atoms with Crippen molar-refractivity contribution in [2.24, 2.45) is 14.1 Å². The van der Waals surface area contributed by atoms with Crippen LogP contribution in [0.5, 0.6) is 11.6 Å². The van der Waals surface area contributed by atoms with Gasteiger partial charge in [-0.2, -0.15) is 19.9 Å². The van der Waals surface area contributed by atoms with Crippen molar-refractivity contribution in [1.29, 1.82) is 0 Å². The number of H-pyrrole nitrogens is 1. The lowest BCUT2D eigenvalue weighted by Crippen LogP contribution is -2.44. The molecule has 2 N–H and O–H groups in total. The summed E-state index contributed by atoms with van der Waals surface area (Å²) in [4.78, 5) is 161. The molecule has 0 aliphatic carbocycles. The number of aromatic nitrogens is 16. The Morgan fingerprint density at radius 2 is 0.789 bits per heavy atom. The van der Waals surface area contributed by atoms with E-state index in [1.54, 1.807) is 207 Å². The predicted octanol–water partition coefficient (Wildman–Crippen LogP) is 7.70. The van der Waals surface area contributed by atoms with Gasteiger partial charge in [-0.05, 0) is 142 Å². The molecule has 0 saturated heterocycles. The summed E-state index contributed by atoms with van der Waals surface area (Å²) < 4.78 is 37.3. The maximum absolute atomic E-state index is 14.6. The van der Waals surface area contributed by atoms with Crippen LogP contribution in [0.4, 0.5) is 16.0 Å². The molecule has 35 heteroatoms. The van der Waals surface area contributed by atoms with E-state index in [0.29, 0.717) is 72.2 Å². The van der Waals surface area contributed by atoms with Gasteiger partial charge in [0.15, 0.2) is 11.6 Å². The van der Waals surface area contributed by atoms with Gasteiger partial charge >= 0.3 is 45.5 Å². The van der Waals surface area contributed by atoms with Crippen LogP contribution < -0.4 is 77.0 Å². The van der Waals surface area contributed by atoms with Crippen LogP contribution >= 0.6 is 46.4 Å². The summed E-state index contributed by atoms with van der Waals surface area (Å²) in [7, 11) is 4.68. The zero-order chi connectivity index (χ0) is 82.2. The number of nitrogens with one attached hydrogen (secondary N) is 2. The normalized spacial score (nSPS) is 10.9. The first-order valence-electron chi connectivity index (χ1n) is 34.8. The molecule has 0 unspecified atom stereocenters. The van der Waals surface area contributed by atoms with Crippen LogP contribution in [0.1, 0.15) is 75.8 Å². The third kappa shape index (κ3) is 21.2. The van der Waals surface area contributed by atoms with Crippen molar-refractivity contribution in [3.05, 3.63) is 391 Å². The standard InChI is InChI=1S/C26H25ClFN5O4.2C18H17ClN4O3.C17H15ClN4O3/c1-16(2)37-22-11-10-20(13-21(22)28)29-24-30-25(35)33(15-18-5-4-12-31(3)23(18)34)26(36)32(24)14-17-6-8-19(27)9-7-17;1-12-20-17(25)23(11-14-4-3-9-21(2)16(14)24)18(26)22(12)10-13-5-7-15(19)8-6-13;1-12-21-17(24)23(11-14-4-3-9-20-16(14)26-2)18(25)22(12)10-13-5-7-15(19)8-6-13;1-11-20-16(24)22(10-13-3-2-8-19-15(13)23)17(25)21(11)9-12-4-6-14(18)7-5-12/h4-13,16H,14-15H2,1-3H3,(H,29,30,35);2*3-9H,10-11H2,1-2H3;2-8H,9-10H2,1H3,(H,19,23). The number of anilines is 2. The van der Waals surface area contributed by atoms with E-state index in [2.05, 4.69) is 35.2 Å². The molecule has 0 spiro atoms. The molecule has 0 amide bonds. The third-order valence-electron chi connectivity index (χ3n) is 17.4. The summed E-state index contributed by atoms with van der Waals surface area (Å²) in [5.74, 6) is 0.716. The Kier molecular flexibility index (Phi) is 27.7. The van der Waals surface area contributed by atoms with E-state index in [-0.39, 0.29) is 91.5 Å². The molecule has 13 rings (SSSR count). The Morgan fingerprint density at radius 1 is 0.430 bits per heavy atom. The van der Waals surface area contributed by atoms with Crippen molar-refractivity contribution in [3.8, 4) is 11.6 Å². The number of aromatic amines is 1. The van der Waals surface area contributed by atoms with Crippen molar-refractivity contribution in [2.75, 3.05) is 12.4 Å². The van der Waals surface area contributed by atoms with Crippen molar-refractivity contribution >= 4 is 58.0 Å². The topological polar surface area (TPSA) is 348 Å². The first kappa shape index (κ1) is 83.5. The molecule has 0 aliphatic heterocycles. The molecular formula is C79H74Cl4FN17O13. The Balaban J connectivity index is 0.000000163. The Bertz CT molecular complexity index is 6390. The lowest BCUT2D eigenvalue weighted by molar-refractivity contribution is 0.231. The highest BCUT2D eigenvalue weighted by molar-refractivity contribution is 6.31. The monoisotopic (exact) mass is 1630 g/mol. The average molecular weight is 1630 g/mol. The number of hydrogen-bond donors (Lipinski definition) is 2. The van der Waals surface area contributed by atoms with Crippen LogP contribution in [-0.2, 0) is 66.5 Å². The maximum atomic E-state index is 14.6. The summed E-state index contributed by atoms with van der Waals surface area (Å²) in [5, 5.41) is 5.20. The zero-order valence-electron chi connectivity index (χ0n) is 62.5. The van der Waals surface area contributed by atoms with E-state index in [0.717, 1.165) is 35.0 Å². The number of hydrogen-bond acceptors (Lipinski definition) is 19. The number of nitrogens with zero attached hydrogens (tertiary/aromatic N) is 15. The summed E-state index contributed by atoms with van der Waals surface area (Å²) in [6, 6.07) is 45.4. The number of halogens is 5. The molecule has 5 aromatic carbocycles. The van der Waals surface area contributed by atoms with E-state index >= 15 is 0 Å². The van der Waals surface area contributed by atoms with Crippen LogP contribution in [0.25, 0.3) is 0 Å². The number of rotatable bonds is 21. The van der Waals surface area contributed by atoms with Gasteiger partial charge in [0.25, 0.3) is 16.7 Å². The van der Waals surface area contributed by atoms with Gasteiger partial charge in [-0.25, -0.2) is 66.0 Å². The Labute approximate surface area is 666 Å². The van der Waals surface area contributed by atoms with E-state index in [9.17, 15) is 57.1 Å². The molecule has 13 aromatic rings. The number of methoxy groups -OCH3 is 1. The van der Waals surface area contributed by atoms with E-state index in [1.807, 2.05) is 12.1 Å². The summed E-state index contributed by atoms with van der Waals surface area (Å²) in [6.45, 7) is 8.74. The summed E-state index contributed by atoms with van der Waals surface area (Å²) in [6.07, 6.45) is 6.04. The van der Waals surface area contributed by atoms with Crippen LogP contribution in [0, 0.1) is 26.6 Å². The highest BCUT2D eigenvalue weighted by Gasteiger charge is 2.21. The highest BCUT2D eigenvalue weighted by Crippen LogP contribution is 2.25. The van der Waals surface area contributed by atoms with Crippen molar-refractivity contribution in [3.63, 3.8) is 0 Å². The Hall–Kier alpha value is -13.0. The smallest absolute Gasteiger partial charge is 0.355 e. The molecule has 0 fully saturated rings. The summed E-state index contributed by atoms with van der Waals surface area (Å²) >= 11 is 23.6. The lowest BCUT2D eigenvalue weighted by Gasteiger charge is -2.16. The van der Waals surface area contributed by atoms with Crippen molar-refractivity contribution in [1.82, 2.24) is 75.6 Å². The zero-order valence-corrected chi connectivity index (χ0v) is 65.6. The van der Waals surface area contributed by atoms with Crippen molar-refractivity contribution in [2.45, 2.75) is 93.1 Å². The molecule has 8 aromatic heterocycles. The van der Waals surface area contributed by atoms with Crippen molar-refractivity contribution < 1.29 is 13.9 Å². The van der Waals surface area contributed by atoms with Gasteiger partial charge in [-0.3, -0.25) is 32.7 Å². The predicted molar refractivity (Wildman–Crippen MR) is 431 cm³/mol. The fourth-order valence-electron chi connectivity index (χ4n) is 11.4. The second kappa shape index (κ2) is 37.8. The van der Waals surface area contributed by atoms with Crippen LogP contribution in [0.15, 0.2) is 241 Å². The number of benzene rings is 5. The third-order valence-corrected chi connectivity index (χ3v) is 18.4. The molecule has 0 atom stereocenters. The molecule has 30 nitrogen and oxygen atoms in total. The second-order valence-corrected chi connectivity index (χ2v) is 27.6. The van der Waals surface area contributed by atoms with E-state index in [4.69, 9.17) is 55.9 Å². The van der Waals surface area contributed by atoms with E-state index in [1.165, 1.54) is 52.8 Å². The average Bonchev–Trinajstić information content (AvgIpc) is 0.767. The SMILES string of the molecule is CC(C)Oc1ccc(Nc2nc(=O)n(Cc3cccn(C)c3=O)c(=O)n2Cc2ccc(Cl)cc2)cc1F.COc1ncccc1Cn1c(=O)nc(C)n(Cc2ccc(Cl)cc2)c1=O.Cc1nc(=O)n(Cc2ccc[nH]c2=O)c(=O)n1Cc1ccc(Cl)cc1.Cc1nc(=O)n(Cc2cccn(C)c2=O)c(=O)n1Cc1ccc(Cl)cc1. The lowest BCUT2D eigenvalue weighted by atomic mass is 10.2. The largest absolute Gasteiger partial charge is 0.488 e. The fourth-order valence-corrected chi connectivity index (χ4v) is 11.9. The second-order valence-electron chi connectivity index (χ2n) is 25.9. The number of aryl methyl sites for hydroxylation is 5. The molecule has 0 aliphatic rings. The van der Waals surface area contributed by atoms with Gasteiger partial charge in [-0.15, -0.1) is 0 Å². The minimum Gasteiger partial charge on any atom is -0.488 e. The van der Waals surface area contributed by atoms with Gasteiger partial charge in [-0.1, -0.05) is 119 Å². The minimum atomic E-state index is -0.856. The molecule has 588 valence electrons. The number of pyridine rings is 4. The quantitative estimate of drug-likeness (QED) is 0.0695. The molecule has 8 heterocycles. The molecule has 0 bridgehead atoms. The first-order chi connectivity index (χ1) is 54.4. The first-order valence-corrected chi connectivity index (χ1v) is 36.4. The Morgan fingerprint density at radius 3 is 1.18 bits per heavy atom. The maximum Gasteiger partial charge on any atom is 0.355 e. The highest BCUT2D eigenvalue weighted by atomic mass is 35.5. The van der Waals surface area contributed by atoms with Crippen LogP contribution in [0.2, 0.25) is 20.1 Å². The van der Waals surface area contributed by atoms with Gasteiger partial charge in [0.05, 0.1) is 65.6 Å². The molecule has 0 saturated carbocycles. The molecule has 114 heavy (non-hydrogen) atoms. The minimum absolute atomic E-state index is 0.0303. The van der Waals surface area contributed by atoms with Crippen LogP contribution in [0.3, 0.4) is 0 Å².